The van der Waals surface area contributed by atoms with Crippen molar-refractivity contribution in [3.63, 3.8) is 0 Å². The molecule has 1 fully saturated rings. The van der Waals surface area contributed by atoms with Crippen molar-refractivity contribution in [2.45, 2.75) is 25.3 Å². The Morgan fingerprint density at radius 2 is 2.03 bits per heavy atom. The summed E-state index contributed by atoms with van der Waals surface area (Å²) >= 11 is 1.71. The van der Waals surface area contributed by atoms with Crippen LogP contribution < -0.4 is 19.7 Å². The number of hydrogen-bond acceptors (Lipinski definition) is 6. The summed E-state index contributed by atoms with van der Waals surface area (Å²) < 4.78 is 11.8. The number of benzene rings is 2. The molecule has 7 heteroatoms. The zero-order valence-electron chi connectivity index (χ0n) is 16.7. The van der Waals surface area contributed by atoms with Crippen molar-refractivity contribution in [1.82, 2.24) is 10.3 Å². The molecule has 0 bridgehead atoms. The van der Waals surface area contributed by atoms with E-state index in [0.29, 0.717) is 17.9 Å². The highest BCUT2D eigenvalue weighted by atomic mass is 32.1. The van der Waals surface area contributed by atoms with E-state index in [1.54, 1.807) is 25.6 Å². The van der Waals surface area contributed by atoms with Crippen molar-refractivity contribution < 1.29 is 14.3 Å². The average Bonchev–Trinajstić information content (AvgIpc) is 3.18. The first-order chi connectivity index (χ1) is 14.2. The SMILES string of the molecule is COc1ccc(CC(=O)N[C@H]2CCCN(c3nc4ccccc4s3)C2)cc1OC. The lowest BCUT2D eigenvalue weighted by Gasteiger charge is -2.33. The second-order valence-electron chi connectivity index (χ2n) is 7.18. The molecule has 152 valence electrons. The number of para-hydroxylation sites is 1. The van der Waals surface area contributed by atoms with Crippen LogP contribution in [-0.2, 0) is 11.2 Å². The number of nitrogens with zero attached hydrogens (tertiary/aromatic N) is 2. The second-order valence-corrected chi connectivity index (χ2v) is 8.19. The Kier molecular flexibility index (Phi) is 5.85. The second kappa shape index (κ2) is 8.69. The van der Waals surface area contributed by atoms with Gasteiger partial charge in [0.1, 0.15) is 0 Å². The van der Waals surface area contributed by atoms with Gasteiger partial charge in [-0.2, -0.15) is 0 Å². The van der Waals surface area contributed by atoms with Crippen LogP contribution in [-0.4, -0.2) is 44.2 Å². The molecule has 0 aliphatic carbocycles. The van der Waals surface area contributed by atoms with Gasteiger partial charge in [-0.15, -0.1) is 0 Å². The zero-order valence-corrected chi connectivity index (χ0v) is 17.5. The highest BCUT2D eigenvalue weighted by Gasteiger charge is 2.23. The predicted octanol–water partition coefficient (Wildman–Crippen LogP) is 3.64. The van der Waals surface area contributed by atoms with E-state index in [1.165, 1.54) is 4.70 Å². The molecule has 2 heterocycles. The Balaban J connectivity index is 1.38. The smallest absolute Gasteiger partial charge is 0.224 e. The van der Waals surface area contributed by atoms with Gasteiger partial charge in [0.05, 0.1) is 30.9 Å². The van der Waals surface area contributed by atoms with Gasteiger partial charge in [0, 0.05) is 19.1 Å². The Morgan fingerprint density at radius 3 is 2.83 bits per heavy atom. The van der Waals surface area contributed by atoms with Gasteiger partial charge >= 0.3 is 0 Å². The first-order valence-electron chi connectivity index (χ1n) is 9.77. The number of methoxy groups -OCH3 is 2. The quantitative estimate of drug-likeness (QED) is 0.671. The van der Waals surface area contributed by atoms with Crippen molar-refractivity contribution >= 4 is 32.6 Å². The lowest BCUT2D eigenvalue weighted by atomic mass is 10.1. The van der Waals surface area contributed by atoms with Crippen LogP contribution in [0.25, 0.3) is 10.2 Å². The van der Waals surface area contributed by atoms with E-state index < -0.39 is 0 Å². The van der Waals surface area contributed by atoms with Crippen LogP contribution >= 0.6 is 11.3 Å². The van der Waals surface area contributed by atoms with Crippen LogP contribution in [0.4, 0.5) is 5.13 Å². The van der Waals surface area contributed by atoms with Crippen molar-refractivity contribution in [2.24, 2.45) is 0 Å². The van der Waals surface area contributed by atoms with Crippen molar-refractivity contribution in [3.05, 3.63) is 48.0 Å². The molecule has 2 aromatic carbocycles. The van der Waals surface area contributed by atoms with E-state index in [1.807, 2.05) is 36.4 Å². The fourth-order valence-corrected chi connectivity index (χ4v) is 4.72. The number of piperidine rings is 1. The number of thiazole rings is 1. The summed E-state index contributed by atoms with van der Waals surface area (Å²) in [6.45, 7) is 1.76. The monoisotopic (exact) mass is 411 g/mol. The Morgan fingerprint density at radius 1 is 1.21 bits per heavy atom. The minimum absolute atomic E-state index is 0.0216. The molecule has 1 amide bonds. The van der Waals surface area contributed by atoms with Crippen LogP contribution in [0, 0.1) is 0 Å². The topological polar surface area (TPSA) is 63.7 Å². The van der Waals surface area contributed by atoms with E-state index >= 15 is 0 Å². The molecule has 1 aliphatic heterocycles. The normalized spacial score (nSPS) is 16.6. The van der Waals surface area contributed by atoms with E-state index in [9.17, 15) is 4.79 Å². The number of amides is 1. The Hall–Kier alpha value is -2.80. The number of hydrogen-bond donors (Lipinski definition) is 1. The molecule has 1 aliphatic rings. The number of fused-ring (bicyclic) bond motifs is 1. The van der Waals surface area contributed by atoms with Crippen molar-refractivity contribution in [2.75, 3.05) is 32.2 Å². The summed E-state index contributed by atoms with van der Waals surface area (Å²) in [5.74, 6) is 1.32. The van der Waals surface area contributed by atoms with Crippen LogP contribution in [0.1, 0.15) is 18.4 Å². The summed E-state index contributed by atoms with van der Waals surface area (Å²) in [5, 5.41) is 4.22. The molecule has 6 nitrogen and oxygen atoms in total. The number of rotatable bonds is 6. The molecule has 3 aromatic rings. The highest BCUT2D eigenvalue weighted by Crippen LogP contribution is 2.30. The van der Waals surface area contributed by atoms with E-state index in [4.69, 9.17) is 14.5 Å². The Labute approximate surface area is 174 Å². The molecule has 1 atom stereocenters. The maximum atomic E-state index is 12.6. The molecular formula is C22H25N3O3S. The third-order valence-corrected chi connectivity index (χ3v) is 6.25. The van der Waals surface area contributed by atoms with Crippen LogP contribution in [0.2, 0.25) is 0 Å². The van der Waals surface area contributed by atoms with Crippen molar-refractivity contribution in [3.8, 4) is 11.5 Å². The summed E-state index contributed by atoms with van der Waals surface area (Å²) in [6, 6.07) is 13.9. The van der Waals surface area contributed by atoms with Crippen LogP contribution in [0.3, 0.4) is 0 Å². The summed E-state index contributed by atoms with van der Waals surface area (Å²) in [4.78, 5) is 19.7. The fraction of sp³-hybridized carbons (Fsp3) is 0.364. The maximum Gasteiger partial charge on any atom is 0.224 e. The maximum absolute atomic E-state index is 12.6. The molecule has 1 saturated heterocycles. The molecule has 0 spiro atoms. The van der Waals surface area contributed by atoms with Gasteiger partial charge in [-0.1, -0.05) is 29.5 Å². The largest absolute Gasteiger partial charge is 0.493 e. The predicted molar refractivity (Wildman–Crippen MR) is 116 cm³/mol. The number of carbonyl (C=O) groups excluding carboxylic acids is 1. The molecule has 4 rings (SSSR count). The van der Waals surface area contributed by atoms with Gasteiger partial charge in [0.25, 0.3) is 0 Å². The summed E-state index contributed by atoms with van der Waals surface area (Å²) in [5.41, 5.74) is 1.94. The van der Waals surface area contributed by atoms with Gasteiger partial charge in [-0.25, -0.2) is 4.98 Å². The molecule has 0 unspecified atom stereocenters. The van der Waals surface area contributed by atoms with Gasteiger partial charge in [0.15, 0.2) is 16.6 Å². The number of ether oxygens (including phenoxy) is 2. The molecule has 0 radical (unpaired) electrons. The van der Waals surface area contributed by atoms with E-state index in [2.05, 4.69) is 16.3 Å². The summed E-state index contributed by atoms with van der Waals surface area (Å²) in [7, 11) is 3.20. The summed E-state index contributed by atoms with van der Waals surface area (Å²) in [6.07, 6.45) is 2.34. The average molecular weight is 412 g/mol. The number of aromatic nitrogens is 1. The third-order valence-electron chi connectivity index (χ3n) is 5.15. The first kappa shape index (κ1) is 19.5. The lowest BCUT2D eigenvalue weighted by molar-refractivity contribution is -0.121. The standard InChI is InChI=1S/C22H25N3O3S/c1-27-18-10-9-15(12-19(18)28-2)13-21(26)23-16-6-5-11-25(14-16)22-24-17-7-3-4-8-20(17)29-22/h3-4,7-10,12,16H,5-6,11,13-14H2,1-2H3,(H,23,26)/t16-/m0/s1. The van der Waals surface area contributed by atoms with Gasteiger partial charge < -0.3 is 19.7 Å². The highest BCUT2D eigenvalue weighted by molar-refractivity contribution is 7.22. The molecular weight excluding hydrogens is 386 g/mol. The first-order valence-corrected chi connectivity index (χ1v) is 10.6. The molecule has 1 aromatic heterocycles. The Bertz CT molecular complexity index is 971. The lowest BCUT2D eigenvalue weighted by Crippen LogP contribution is -2.48. The third kappa shape index (κ3) is 4.45. The molecule has 29 heavy (non-hydrogen) atoms. The minimum Gasteiger partial charge on any atom is -0.493 e. The fourth-order valence-electron chi connectivity index (χ4n) is 3.72. The van der Waals surface area contributed by atoms with Gasteiger partial charge in [0.2, 0.25) is 5.91 Å². The zero-order chi connectivity index (χ0) is 20.2. The number of carbonyl (C=O) groups is 1. The van der Waals surface area contributed by atoms with Crippen molar-refractivity contribution in [1.29, 1.82) is 0 Å². The van der Waals surface area contributed by atoms with Gasteiger partial charge in [-0.3, -0.25) is 4.79 Å². The van der Waals surface area contributed by atoms with Gasteiger partial charge in [-0.05, 0) is 42.7 Å². The molecule has 1 N–H and O–H groups in total. The van der Waals surface area contributed by atoms with E-state index in [-0.39, 0.29) is 11.9 Å². The number of anilines is 1. The molecule has 0 saturated carbocycles. The van der Waals surface area contributed by atoms with Crippen LogP contribution in [0.15, 0.2) is 42.5 Å². The minimum atomic E-state index is 0.0216. The van der Waals surface area contributed by atoms with Crippen LogP contribution in [0.5, 0.6) is 11.5 Å². The van der Waals surface area contributed by atoms with E-state index in [0.717, 1.165) is 42.1 Å². The number of nitrogens with one attached hydrogen (secondary N) is 1.